The van der Waals surface area contributed by atoms with Gasteiger partial charge in [-0.1, -0.05) is 11.3 Å². The van der Waals surface area contributed by atoms with Crippen LogP contribution in [0.25, 0.3) is 0 Å². The van der Waals surface area contributed by atoms with Crippen molar-refractivity contribution in [2.75, 3.05) is 26.0 Å². The topological polar surface area (TPSA) is 80.2 Å². The van der Waals surface area contributed by atoms with Gasteiger partial charge in [0.05, 0.1) is 0 Å². The summed E-state index contributed by atoms with van der Waals surface area (Å²) in [4.78, 5) is 18.8. The molecule has 2 aromatic rings. The number of carbonyl (C=O) groups is 1. The van der Waals surface area contributed by atoms with Crippen molar-refractivity contribution in [2.24, 2.45) is 0 Å². The number of hydrogen-bond donors (Lipinski definition) is 1. The number of ether oxygens (including phenoxy) is 1. The lowest BCUT2D eigenvalue weighted by Gasteiger charge is -2.19. The van der Waals surface area contributed by atoms with Gasteiger partial charge < -0.3 is 4.74 Å². The van der Waals surface area contributed by atoms with E-state index in [0.29, 0.717) is 23.5 Å². The molecule has 3 rings (SSSR count). The Morgan fingerprint density at radius 1 is 1.52 bits per heavy atom. The van der Waals surface area contributed by atoms with E-state index in [2.05, 4.69) is 32.4 Å². The molecule has 8 heteroatoms. The van der Waals surface area contributed by atoms with Gasteiger partial charge in [-0.2, -0.15) is 0 Å². The number of carbonyl (C=O) groups excluding carboxylic acids is 1. The molecule has 2 aromatic heterocycles. The highest BCUT2D eigenvalue weighted by Gasteiger charge is 2.23. The molecule has 0 bridgehead atoms. The monoisotopic (exact) mass is 333 g/mol. The normalized spacial score (nSPS) is 18.3. The average Bonchev–Trinajstić information content (AvgIpc) is 3.17. The van der Waals surface area contributed by atoms with Crippen LogP contribution in [0.1, 0.15) is 39.9 Å². The fourth-order valence-corrected chi connectivity index (χ4v) is 3.46. The van der Waals surface area contributed by atoms with E-state index in [9.17, 15) is 4.79 Å². The van der Waals surface area contributed by atoms with Crippen LogP contribution in [-0.2, 0) is 11.3 Å². The maximum Gasteiger partial charge on any atom is 0.276 e. The Balaban J connectivity index is 1.71. The second kappa shape index (κ2) is 7.12. The molecule has 7 nitrogen and oxygen atoms in total. The van der Waals surface area contributed by atoms with Crippen LogP contribution in [0.4, 0.5) is 5.13 Å². The van der Waals surface area contributed by atoms with Crippen LogP contribution in [0, 0.1) is 0 Å². The zero-order chi connectivity index (χ0) is 16.2. The number of pyridine rings is 1. The molecule has 0 unspecified atom stereocenters. The van der Waals surface area contributed by atoms with E-state index in [0.717, 1.165) is 23.5 Å². The molecule has 0 saturated carbocycles. The third kappa shape index (κ3) is 3.72. The van der Waals surface area contributed by atoms with Crippen LogP contribution < -0.4 is 5.32 Å². The first kappa shape index (κ1) is 16.0. The van der Waals surface area contributed by atoms with Crippen molar-refractivity contribution in [3.63, 3.8) is 0 Å². The van der Waals surface area contributed by atoms with Crippen molar-refractivity contribution >= 4 is 22.4 Å². The molecule has 3 heterocycles. The number of nitrogens with zero attached hydrogens (tertiary/aromatic N) is 4. The summed E-state index contributed by atoms with van der Waals surface area (Å²) in [5, 5.41) is 11.8. The van der Waals surface area contributed by atoms with Gasteiger partial charge in [0.1, 0.15) is 17.3 Å². The van der Waals surface area contributed by atoms with Crippen molar-refractivity contribution in [1.82, 2.24) is 20.1 Å². The third-order valence-corrected chi connectivity index (χ3v) is 4.69. The Bertz CT molecular complexity index is 690. The van der Waals surface area contributed by atoms with Crippen LogP contribution in [0.15, 0.2) is 18.3 Å². The van der Waals surface area contributed by atoms with Crippen LogP contribution in [0.3, 0.4) is 0 Å². The molecule has 0 aliphatic carbocycles. The zero-order valence-electron chi connectivity index (χ0n) is 13.2. The van der Waals surface area contributed by atoms with E-state index in [1.165, 1.54) is 17.8 Å². The molecule has 1 fully saturated rings. The highest BCUT2D eigenvalue weighted by Crippen LogP contribution is 2.30. The largest absolute Gasteiger partial charge is 0.377 e. The standard InChI is InChI=1S/C15H19N5O2S/c1-20-7-3-4-12(20)10-5-6-16-11(8-10)14(21)17-15-19-18-13(23-15)9-22-2/h5-6,8,12H,3-4,7,9H2,1-2H3,(H,17,19,21)/t12-/m0/s1. The van der Waals surface area contributed by atoms with Gasteiger partial charge in [-0.25, -0.2) is 0 Å². The fourth-order valence-electron chi connectivity index (χ4n) is 2.76. The lowest BCUT2D eigenvalue weighted by atomic mass is 10.1. The molecule has 0 spiro atoms. The summed E-state index contributed by atoms with van der Waals surface area (Å²) in [5.41, 5.74) is 1.52. The van der Waals surface area contributed by atoms with Crippen molar-refractivity contribution in [2.45, 2.75) is 25.5 Å². The van der Waals surface area contributed by atoms with Gasteiger partial charge in [0.15, 0.2) is 0 Å². The molecule has 1 aliphatic rings. The maximum atomic E-state index is 12.4. The number of anilines is 1. The van der Waals surface area contributed by atoms with Gasteiger partial charge in [0.2, 0.25) is 5.13 Å². The van der Waals surface area contributed by atoms with Gasteiger partial charge in [0, 0.05) is 19.3 Å². The third-order valence-electron chi connectivity index (χ3n) is 3.88. The van der Waals surface area contributed by atoms with E-state index in [-0.39, 0.29) is 5.91 Å². The molecule has 23 heavy (non-hydrogen) atoms. The first-order valence-corrected chi connectivity index (χ1v) is 8.28. The number of hydrogen-bond acceptors (Lipinski definition) is 7. The summed E-state index contributed by atoms with van der Waals surface area (Å²) < 4.78 is 4.99. The lowest BCUT2D eigenvalue weighted by molar-refractivity contribution is 0.102. The van der Waals surface area contributed by atoms with Crippen LogP contribution >= 0.6 is 11.3 Å². The Morgan fingerprint density at radius 3 is 3.13 bits per heavy atom. The number of aromatic nitrogens is 3. The molecule has 0 aromatic carbocycles. The van der Waals surface area contributed by atoms with Crippen LogP contribution in [0.5, 0.6) is 0 Å². The smallest absolute Gasteiger partial charge is 0.276 e. The molecule has 0 radical (unpaired) electrons. The van der Waals surface area contributed by atoms with Gasteiger partial charge in [0.25, 0.3) is 5.91 Å². The zero-order valence-corrected chi connectivity index (χ0v) is 14.0. The molecule has 1 N–H and O–H groups in total. The molecule has 122 valence electrons. The van der Waals surface area contributed by atoms with Crippen LogP contribution in [0.2, 0.25) is 0 Å². The first-order chi connectivity index (χ1) is 11.2. The van der Waals surface area contributed by atoms with Crippen molar-refractivity contribution in [1.29, 1.82) is 0 Å². The minimum atomic E-state index is -0.271. The highest BCUT2D eigenvalue weighted by atomic mass is 32.1. The van der Waals surface area contributed by atoms with Gasteiger partial charge in [-0.15, -0.1) is 10.2 Å². The Labute approximate surface area is 138 Å². The van der Waals surface area contributed by atoms with Crippen LogP contribution in [-0.4, -0.2) is 46.7 Å². The second-order valence-electron chi connectivity index (χ2n) is 5.50. The van der Waals surface area contributed by atoms with E-state index < -0.39 is 0 Å². The quantitative estimate of drug-likeness (QED) is 0.902. The Hall–Kier alpha value is -1.90. The molecular formula is C15H19N5O2S. The minimum absolute atomic E-state index is 0.271. The highest BCUT2D eigenvalue weighted by molar-refractivity contribution is 7.15. The first-order valence-electron chi connectivity index (χ1n) is 7.46. The summed E-state index contributed by atoms with van der Waals surface area (Å²) in [5.74, 6) is -0.271. The molecular weight excluding hydrogens is 314 g/mol. The minimum Gasteiger partial charge on any atom is -0.377 e. The second-order valence-corrected chi connectivity index (χ2v) is 6.56. The van der Waals surface area contributed by atoms with Crippen molar-refractivity contribution < 1.29 is 9.53 Å². The molecule has 1 aliphatic heterocycles. The fraction of sp³-hybridized carbons (Fsp3) is 0.467. The summed E-state index contributed by atoms with van der Waals surface area (Å²) in [6.45, 7) is 1.47. The van der Waals surface area contributed by atoms with Crippen molar-refractivity contribution in [3.8, 4) is 0 Å². The van der Waals surface area contributed by atoms with E-state index in [1.54, 1.807) is 13.3 Å². The van der Waals surface area contributed by atoms with E-state index >= 15 is 0 Å². The van der Waals surface area contributed by atoms with Gasteiger partial charge in [-0.05, 0) is 44.1 Å². The maximum absolute atomic E-state index is 12.4. The van der Waals surface area contributed by atoms with Crippen molar-refractivity contribution in [3.05, 3.63) is 34.6 Å². The predicted octanol–water partition coefficient (Wildman–Crippen LogP) is 2.10. The predicted molar refractivity (Wildman–Crippen MR) is 87.4 cm³/mol. The summed E-state index contributed by atoms with van der Waals surface area (Å²) >= 11 is 1.30. The van der Waals surface area contributed by atoms with E-state index in [4.69, 9.17) is 4.74 Å². The number of rotatable bonds is 5. The number of likely N-dealkylation sites (tertiary alicyclic amines) is 1. The number of nitrogens with one attached hydrogen (secondary N) is 1. The average molecular weight is 333 g/mol. The Kier molecular flexibility index (Phi) is 4.94. The lowest BCUT2D eigenvalue weighted by Crippen LogP contribution is -2.19. The molecule has 1 saturated heterocycles. The summed E-state index contributed by atoms with van der Waals surface area (Å²) in [6, 6.07) is 4.20. The van der Waals surface area contributed by atoms with E-state index in [1.807, 2.05) is 12.1 Å². The SMILES string of the molecule is COCc1nnc(NC(=O)c2cc([C@@H]3CCCN3C)ccn2)s1. The number of methoxy groups -OCH3 is 1. The molecule has 1 amide bonds. The summed E-state index contributed by atoms with van der Waals surface area (Å²) in [6.07, 6.45) is 3.98. The van der Waals surface area contributed by atoms with Gasteiger partial charge in [-0.3, -0.25) is 20.0 Å². The summed E-state index contributed by atoms with van der Waals surface area (Å²) in [7, 11) is 3.70. The van der Waals surface area contributed by atoms with Gasteiger partial charge >= 0.3 is 0 Å². The Morgan fingerprint density at radius 2 is 2.39 bits per heavy atom. The number of amides is 1. The molecule has 1 atom stereocenters.